The Hall–Kier alpha value is -2.21. The van der Waals surface area contributed by atoms with Crippen LogP contribution < -0.4 is 5.73 Å². The molecule has 1 amide bonds. The average molecular weight is 316 g/mol. The van der Waals surface area contributed by atoms with Gasteiger partial charge in [-0.05, 0) is 37.0 Å². The highest BCUT2D eigenvalue weighted by atomic mass is 19.1. The summed E-state index contributed by atoms with van der Waals surface area (Å²) in [5.41, 5.74) is 6.49. The fraction of sp³-hybridized carbons (Fsp3) is 0.412. The maximum atomic E-state index is 13.8. The van der Waals surface area contributed by atoms with Crippen LogP contribution >= 0.6 is 0 Å². The Morgan fingerprint density at radius 3 is 2.91 bits per heavy atom. The third-order valence-corrected chi connectivity index (χ3v) is 4.53. The van der Waals surface area contributed by atoms with Crippen LogP contribution in [0.5, 0.6) is 0 Å². The number of rotatable bonds is 3. The summed E-state index contributed by atoms with van der Waals surface area (Å²) in [4.78, 5) is 14.6. The third kappa shape index (κ3) is 2.99. The number of para-hydroxylation sites is 1. The Kier molecular flexibility index (Phi) is 4.43. The van der Waals surface area contributed by atoms with E-state index in [1.54, 1.807) is 30.5 Å². The monoisotopic (exact) mass is 316 g/mol. The van der Waals surface area contributed by atoms with E-state index in [0.29, 0.717) is 30.4 Å². The lowest BCUT2D eigenvalue weighted by molar-refractivity contribution is 0.0526. The predicted octanol–water partition coefficient (Wildman–Crippen LogP) is 2.21. The van der Waals surface area contributed by atoms with Crippen molar-refractivity contribution in [2.75, 3.05) is 13.1 Å². The van der Waals surface area contributed by atoms with Gasteiger partial charge in [-0.25, -0.2) is 9.07 Å². The fourth-order valence-corrected chi connectivity index (χ4v) is 3.22. The van der Waals surface area contributed by atoms with Crippen molar-refractivity contribution in [3.8, 4) is 5.69 Å². The number of piperidine rings is 1. The molecule has 2 aromatic rings. The molecule has 1 saturated heterocycles. The molecule has 0 aliphatic carbocycles. The van der Waals surface area contributed by atoms with Crippen molar-refractivity contribution in [3.05, 3.63) is 48.0 Å². The summed E-state index contributed by atoms with van der Waals surface area (Å²) < 4.78 is 15.2. The Morgan fingerprint density at radius 2 is 2.17 bits per heavy atom. The number of carbonyl (C=O) groups is 1. The summed E-state index contributed by atoms with van der Waals surface area (Å²) in [6.45, 7) is 3.26. The normalized spacial score (nSPS) is 21.4. The zero-order chi connectivity index (χ0) is 16.4. The highest BCUT2D eigenvalue weighted by Crippen LogP contribution is 2.24. The lowest BCUT2D eigenvalue weighted by Crippen LogP contribution is -2.51. The summed E-state index contributed by atoms with van der Waals surface area (Å²) in [7, 11) is 0. The zero-order valence-corrected chi connectivity index (χ0v) is 13.2. The lowest BCUT2D eigenvalue weighted by atomic mass is 9.90. The first-order valence-electron chi connectivity index (χ1n) is 7.93. The molecule has 6 heteroatoms. The van der Waals surface area contributed by atoms with Crippen LogP contribution in [0.15, 0.2) is 36.5 Å². The van der Waals surface area contributed by atoms with Crippen molar-refractivity contribution < 1.29 is 9.18 Å². The molecule has 122 valence electrons. The van der Waals surface area contributed by atoms with Gasteiger partial charge in [0.05, 0.1) is 0 Å². The van der Waals surface area contributed by atoms with E-state index in [4.69, 9.17) is 5.73 Å². The van der Waals surface area contributed by atoms with Crippen molar-refractivity contribution in [1.29, 1.82) is 0 Å². The smallest absolute Gasteiger partial charge is 0.274 e. The second-order valence-electron chi connectivity index (χ2n) is 6.02. The Balaban J connectivity index is 1.85. The van der Waals surface area contributed by atoms with Crippen molar-refractivity contribution in [2.45, 2.75) is 25.8 Å². The Bertz CT molecular complexity index is 699. The maximum absolute atomic E-state index is 13.8. The lowest BCUT2D eigenvalue weighted by Gasteiger charge is -2.39. The molecule has 2 N–H and O–H groups in total. The molecule has 0 spiro atoms. The molecule has 5 nitrogen and oxygen atoms in total. The molecule has 0 bridgehead atoms. The molecular formula is C17H21FN4O. The zero-order valence-electron chi connectivity index (χ0n) is 13.2. The first-order chi connectivity index (χ1) is 11.1. The summed E-state index contributed by atoms with van der Waals surface area (Å²) >= 11 is 0. The van der Waals surface area contributed by atoms with Crippen LogP contribution in [-0.4, -0.2) is 39.7 Å². The first kappa shape index (κ1) is 15.7. The van der Waals surface area contributed by atoms with Crippen LogP contribution in [0.25, 0.3) is 5.69 Å². The molecule has 1 aliphatic rings. The minimum atomic E-state index is -0.374. The molecule has 0 unspecified atom stereocenters. The second-order valence-corrected chi connectivity index (χ2v) is 6.02. The van der Waals surface area contributed by atoms with E-state index in [0.717, 1.165) is 12.8 Å². The highest BCUT2D eigenvalue weighted by Gasteiger charge is 2.32. The van der Waals surface area contributed by atoms with Crippen molar-refractivity contribution >= 4 is 5.91 Å². The molecule has 0 saturated carbocycles. The minimum absolute atomic E-state index is 0.0369. The molecule has 23 heavy (non-hydrogen) atoms. The van der Waals surface area contributed by atoms with E-state index < -0.39 is 0 Å². The topological polar surface area (TPSA) is 64.2 Å². The van der Waals surface area contributed by atoms with E-state index in [1.807, 2.05) is 4.90 Å². The van der Waals surface area contributed by atoms with Crippen LogP contribution in [0.3, 0.4) is 0 Å². The summed E-state index contributed by atoms with van der Waals surface area (Å²) in [5, 5.41) is 4.25. The van der Waals surface area contributed by atoms with Gasteiger partial charge in [-0.15, -0.1) is 0 Å². The summed E-state index contributed by atoms with van der Waals surface area (Å²) in [6.07, 6.45) is 3.66. The fourth-order valence-electron chi connectivity index (χ4n) is 3.22. The number of hydrogen-bond donors (Lipinski definition) is 1. The highest BCUT2D eigenvalue weighted by molar-refractivity contribution is 5.92. The van der Waals surface area contributed by atoms with E-state index in [-0.39, 0.29) is 17.8 Å². The van der Waals surface area contributed by atoms with Gasteiger partial charge in [0.25, 0.3) is 5.91 Å². The summed E-state index contributed by atoms with van der Waals surface area (Å²) in [6, 6.07) is 8.02. The molecule has 0 radical (unpaired) electrons. The molecule has 1 aromatic heterocycles. The predicted molar refractivity (Wildman–Crippen MR) is 85.8 cm³/mol. The SMILES string of the molecule is C[C@@H]1CCCN(C(=O)c2ccn(-c3ccccc3F)n2)[C@@H]1CN. The van der Waals surface area contributed by atoms with Crippen LogP contribution in [0.2, 0.25) is 0 Å². The number of hydrogen-bond acceptors (Lipinski definition) is 3. The van der Waals surface area contributed by atoms with Crippen LogP contribution in [-0.2, 0) is 0 Å². The van der Waals surface area contributed by atoms with E-state index in [9.17, 15) is 9.18 Å². The van der Waals surface area contributed by atoms with Gasteiger partial charge in [0, 0.05) is 25.3 Å². The number of nitrogens with two attached hydrogens (primary N) is 1. The number of aromatic nitrogens is 2. The standard InChI is InChI=1S/C17H21FN4O/c1-12-5-4-9-21(16(12)11-19)17(23)14-8-10-22(20-14)15-7-3-2-6-13(15)18/h2-3,6-8,10,12,16H,4-5,9,11,19H2,1H3/t12-,16-/m1/s1. The van der Waals surface area contributed by atoms with Crippen molar-refractivity contribution in [2.24, 2.45) is 11.7 Å². The van der Waals surface area contributed by atoms with Gasteiger partial charge >= 0.3 is 0 Å². The number of nitrogens with zero attached hydrogens (tertiary/aromatic N) is 3. The van der Waals surface area contributed by atoms with Crippen LogP contribution in [0, 0.1) is 11.7 Å². The number of amides is 1. The molecular weight excluding hydrogens is 295 g/mol. The van der Waals surface area contributed by atoms with Crippen LogP contribution in [0.1, 0.15) is 30.3 Å². The quantitative estimate of drug-likeness (QED) is 0.944. The van der Waals surface area contributed by atoms with E-state index in [2.05, 4.69) is 12.0 Å². The van der Waals surface area contributed by atoms with Gasteiger partial charge in [0.1, 0.15) is 11.5 Å². The number of benzene rings is 1. The molecule has 1 fully saturated rings. The molecule has 2 heterocycles. The number of likely N-dealkylation sites (tertiary alicyclic amines) is 1. The summed E-state index contributed by atoms with van der Waals surface area (Å²) in [5.74, 6) is -0.130. The molecule has 3 rings (SSSR count). The third-order valence-electron chi connectivity index (χ3n) is 4.53. The van der Waals surface area contributed by atoms with Gasteiger partial charge in [-0.2, -0.15) is 5.10 Å². The number of carbonyl (C=O) groups excluding carboxylic acids is 1. The largest absolute Gasteiger partial charge is 0.333 e. The Morgan fingerprint density at radius 1 is 1.39 bits per heavy atom. The molecule has 2 atom stereocenters. The molecule has 1 aromatic carbocycles. The van der Waals surface area contributed by atoms with Gasteiger partial charge in [0.2, 0.25) is 0 Å². The first-order valence-corrected chi connectivity index (χ1v) is 7.93. The van der Waals surface area contributed by atoms with Crippen LogP contribution in [0.4, 0.5) is 4.39 Å². The average Bonchev–Trinajstić information content (AvgIpc) is 3.04. The second kappa shape index (κ2) is 6.50. The van der Waals surface area contributed by atoms with Crippen molar-refractivity contribution in [3.63, 3.8) is 0 Å². The Labute approximate surface area is 134 Å². The van der Waals surface area contributed by atoms with Crippen molar-refractivity contribution in [1.82, 2.24) is 14.7 Å². The minimum Gasteiger partial charge on any atom is -0.333 e. The number of halogens is 1. The van der Waals surface area contributed by atoms with E-state index in [1.165, 1.54) is 10.7 Å². The van der Waals surface area contributed by atoms with E-state index >= 15 is 0 Å². The van der Waals surface area contributed by atoms with Gasteiger partial charge in [0.15, 0.2) is 5.69 Å². The maximum Gasteiger partial charge on any atom is 0.274 e. The van der Waals surface area contributed by atoms with Gasteiger partial charge in [-0.3, -0.25) is 4.79 Å². The van der Waals surface area contributed by atoms with Gasteiger partial charge < -0.3 is 10.6 Å². The van der Waals surface area contributed by atoms with Gasteiger partial charge in [-0.1, -0.05) is 19.1 Å². The molecule has 1 aliphatic heterocycles.